The Morgan fingerprint density at radius 1 is 1.04 bits per heavy atom. The first-order valence-corrected chi connectivity index (χ1v) is 7.70. The Hall–Kier alpha value is -2.81. The second kappa shape index (κ2) is 5.76. The second-order valence-electron chi connectivity index (χ2n) is 4.48. The van der Waals surface area contributed by atoms with Gasteiger partial charge in [-0.1, -0.05) is 6.07 Å². The lowest BCUT2D eigenvalue weighted by molar-refractivity contribution is 0.482. The zero-order chi connectivity index (χ0) is 16.4. The van der Waals surface area contributed by atoms with Crippen molar-refractivity contribution in [2.75, 3.05) is 0 Å². The highest BCUT2D eigenvalue weighted by atomic mass is 32.2. The lowest BCUT2D eigenvalue weighted by atomic mass is 10.3. The van der Waals surface area contributed by atoms with Crippen molar-refractivity contribution < 1.29 is 21.4 Å². The van der Waals surface area contributed by atoms with Gasteiger partial charge in [-0.3, -0.25) is 0 Å². The second-order valence-corrected chi connectivity index (χ2v) is 6.03. The minimum Gasteiger partial charge on any atom is -0.379 e. The SMILES string of the molecule is O=S(=O)(Oc1cccc(-n2cncn2)c1)c1cc(F)cc(F)c1. The van der Waals surface area contributed by atoms with Crippen molar-refractivity contribution in [3.63, 3.8) is 0 Å². The first-order valence-electron chi connectivity index (χ1n) is 6.30. The van der Waals surface area contributed by atoms with E-state index in [0.29, 0.717) is 23.9 Å². The van der Waals surface area contributed by atoms with Crippen LogP contribution in [0.15, 0.2) is 60.0 Å². The van der Waals surface area contributed by atoms with Crippen LogP contribution in [0.5, 0.6) is 5.75 Å². The molecule has 0 unspecified atom stereocenters. The molecule has 3 rings (SSSR count). The smallest absolute Gasteiger partial charge is 0.339 e. The molecule has 6 nitrogen and oxygen atoms in total. The summed E-state index contributed by atoms with van der Waals surface area (Å²) >= 11 is 0. The molecule has 0 bridgehead atoms. The molecule has 1 aromatic heterocycles. The average Bonchev–Trinajstić information content (AvgIpc) is 3.00. The quantitative estimate of drug-likeness (QED) is 0.683. The molecule has 0 atom stereocenters. The predicted molar refractivity (Wildman–Crippen MR) is 75.5 cm³/mol. The number of halogens is 2. The highest BCUT2D eigenvalue weighted by molar-refractivity contribution is 7.87. The third-order valence-corrected chi connectivity index (χ3v) is 4.06. The number of rotatable bonds is 4. The fraction of sp³-hybridized carbons (Fsp3) is 0. The van der Waals surface area contributed by atoms with E-state index >= 15 is 0 Å². The summed E-state index contributed by atoms with van der Waals surface area (Å²) in [6, 6.07) is 7.95. The van der Waals surface area contributed by atoms with E-state index < -0.39 is 26.6 Å². The van der Waals surface area contributed by atoms with Gasteiger partial charge in [0.05, 0.1) is 5.69 Å². The monoisotopic (exact) mass is 337 g/mol. The van der Waals surface area contributed by atoms with Gasteiger partial charge >= 0.3 is 10.1 Å². The maximum absolute atomic E-state index is 13.2. The molecule has 0 aliphatic heterocycles. The van der Waals surface area contributed by atoms with Gasteiger partial charge < -0.3 is 4.18 Å². The number of benzene rings is 2. The summed E-state index contributed by atoms with van der Waals surface area (Å²) in [6.07, 6.45) is 2.75. The molecule has 0 radical (unpaired) electrons. The van der Waals surface area contributed by atoms with E-state index in [-0.39, 0.29) is 5.75 Å². The molecular weight excluding hydrogens is 328 g/mol. The Labute approximate surface area is 130 Å². The fourth-order valence-corrected chi connectivity index (χ4v) is 2.83. The van der Waals surface area contributed by atoms with Gasteiger partial charge in [0.25, 0.3) is 0 Å². The van der Waals surface area contributed by atoms with Crippen LogP contribution in [0.2, 0.25) is 0 Å². The van der Waals surface area contributed by atoms with Crippen LogP contribution < -0.4 is 4.18 Å². The third-order valence-electron chi connectivity index (χ3n) is 2.83. The van der Waals surface area contributed by atoms with E-state index in [1.54, 1.807) is 12.1 Å². The Kier molecular flexibility index (Phi) is 3.78. The molecule has 0 N–H and O–H groups in total. The maximum atomic E-state index is 13.2. The fourth-order valence-electron chi connectivity index (χ4n) is 1.87. The van der Waals surface area contributed by atoms with Gasteiger partial charge in [-0.2, -0.15) is 13.5 Å². The normalized spacial score (nSPS) is 11.4. The van der Waals surface area contributed by atoms with Crippen molar-refractivity contribution in [3.8, 4) is 11.4 Å². The zero-order valence-electron chi connectivity index (χ0n) is 11.4. The molecule has 0 fully saturated rings. The van der Waals surface area contributed by atoms with Crippen LogP contribution >= 0.6 is 0 Å². The number of hydrogen-bond donors (Lipinski definition) is 0. The molecule has 0 aliphatic rings. The van der Waals surface area contributed by atoms with E-state index in [1.165, 1.54) is 29.5 Å². The molecule has 3 aromatic rings. The maximum Gasteiger partial charge on any atom is 0.339 e. The van der Waals surface area contributed by atoms with Gasteiger partial charge in [-0.15, -0.1) is 0 Å². The molecule has 0 saturated carbocycles. The summed E-state index contributed by atoms with van der Waals surface area (Å²) in [5.74, 6) is -2.05. The van der Waals surface area contributed by atoms with E-state index in [4.69, 9.17) is 4.18 Å². The van der Waals surface area contributed by atoms with E-state index in [0.717, 1.165) is 0 Å². The van der Waals surface area contributed by atoms with Crippen LogP contribution in [0, 0.1) is 11.6 Å². The largest absolute Gasteiger partial charge is 0.379 e. The van der Waals surface area contributed by atoms with Crippen molar-refractivity contribution in [1.82, 2.24) is 14.8 Å². The molecular formula is C14H9F2N3O3S. The minimum atomic E-state index is -4.37. The predicted octanol–water partition coefficient (Wildman–Crippen LogP) is 2.31. The van der Waals surface area contributed by atoms with E-state index in [2.05, 4.69) is 10.1 Å². The number of aromatic nitrogens is 3. The Morgan fingerprint density at radius 3 is 2.43 bits per heavy atom. The molecule has 9 heteroatoms. The Bertz CT molecular complexity index is 923. The molecule has 118 valence electrons. The zero-order valence-corrected chi connectivity index (χ0v) is 12.2. The Balaban J connectivity index is 1.93. The average molecular weight is 337 g/mol. The van der Waals surface area contributed by atoms with E-state index in [9.17, 15) is 17.2 Å². The van der Waals surface area contributed by atoms with Gasteiger partial charge in [-0.05, 0) is 24.3 Å². The summed E-state index contributed by atoms with van der Waals surface area (Å²) in [6.45, 7) is 0. The van der Waals surface area contributed by atoms with Crippen molar-refractivity contribution >= 4 is 10.1 Å². The third kappa shape index (κ3) is 3.34. The highest BCUT2D eigenvalue weighted by Crippen LogP contribution is 2.22. The number of nitrogens with zero attached hydrogens (tertiary/aromatic N) is 3. The minimum absolute atomic E-state index is 0.0253. The standard InChI is InChI=1S/C14H9F2N3O3S/c15-10-4-11(16)6-14(5-10)23(20,21)22-13-3-1-2-12(7-13)19-9-17-8-18-19/h1-9H. The highest BCUT2D eigenvalue weighted by Gasteiger charge is 2.19. The van der Waals surface area contributed by atoms with Gasteiger partial charge in [0.1, 0.15) is 34.9 Å². The van der Waals surface area contributed by atoms with Gasteiger partial charge in [-0.25, -0.2) is 18.4 Å². The lowest BCUT2D eigenvalue weighted by Crippen LogP contribution is -2.10. The molecule has 2 aromatic carbocycles. The van der Waals surface area contributed by atoms with Gasteiger partial charge in [0.2, 0.25) is 0 Å². The van der Waals surface area contributed by atoms with Gasteiger partial charge in [0, 0.05) is 12.1 Å². The van der Waals surface area contributed by atoms with Crippen LogP contribution in [-0.4, -0.2) is 23.2 Å². The summed E-state index contributed by atoms with van der Waals surface area (Å²) in [7, 11) is -4.37. The molecule has 0 aliphatic carbocycles. The van der Waals surface area contributed by atoms with Crippen LogP contribution in [-0.2, 0) is 10.1 Å². The van der Waals surface area contributed by atoms with Gasteiger partial charge in [0.15, 0.2) is 0 Å². The van der Waals surface area contributed by atoms with Crippen molar-refractivity contribution in [2.24, 2.45) is 0 Å². The lowest BCUT2D eigenvalue weighted by Gasteiger charge is -2.08. The molecule has 0 spiro atoms. The molecule has 0 amide bonds. The van der Waals surface area contributed by atoms with E-state index in [1.807, 2.05) is 0 Å². The van der Waals surface area contributed by atoms with Crippen LogP contribution in [0.3, 0.4) is 0 Å². The van der Waals surface area contributed by atoms with Crippen LogP contribution in [0.4, 0.5) is 8.78 Å². The molecule has 1 heterocycles. The van der Waals surface area contributed by atoms with Crippen LogP contribution in [0.1, 0.15) is 0 Å². The first-order chi connectivity index (χ1) is 10.9. The summed E-state index contributed by atoms with van der Waals surface area (Å²) in [5, 5.41) is 3.91. The summed E-state index contributed by atoms with van der Waals surface area (Å²) < 4.78 is 56.9. The van der Waals surface area contributed by atoms with Crippen molar-refractivity contribution in [3.05, 3.63) is 66.8 Å². The topological polar surface area (TPSA) is 74.1 Å². The van der Waals surface area contributed by atoms with Crippen molar-refractivity contribution in [2.45, 2.75) is 4.90 Å². The van der Waals surface area contributed by atoms with Crippen molar-refractivity contribution in [1.29, 1.82) is 0 Å². The Morgan fingerprint density at radius 2 is 1.78 bits per heavy atom. The number of hydrogen-bond acceptors (Lipinski definition) is 5. The molecule has 0 saturated heterocycles. The summed E-state index contributed by atoms with van der Waals surface area (Å²) in [4.78, 5) is 3.17. The first kappa shape index (κ1) is 15.1. The summed E-state index contributed by atoms with van der Waals surface area (Å²) in [5.41, 5.74) is 0.514. The van der Waals surface area contributed by atoms with Crippen LogP contribution in [0.25, 0.3) is 5.69 Å². The molecule has 23 heavy (non-hydrogen) atoms.